The van der Waals surface area contributed by atoms with E-state index in [0.29, 0.717) is 12.1 Å². The molecule has 19 heavy (non-hydrogen) atoms. The lowest BCUT2D eigenvalue weighted by Gasteiger charge is -2.25. The molecular formula is C13H18N4S2. The third kappa shape index (κ3) is 2.60. The maximum absolute atomic E-state index is 5.33. The standard InChI is InChI=1S/C13H18N4S2/c1-9(8-11-4-3-7-19-11)16(2)12-14-15-13(18)17(12)10-5-6-10/h3-4,7,9-10H,5-6,8H2,1-2H3,(H,15,18). The van der Waals surface area contributed by atoms with Gasteiger partial charge in [-0.15, -0.1) is 16.4 Å². The first kappa shape index (κ1) is 12.9. The predicted molar refractivity (Wildman–Crippen MR) is 81.6 cm³/mol. The van der Waals surface area contributed by atoms with Gasteiger partial charge in [0.05, 0.1) is 0 Å². The van der Waals surface area contributed by atoms with Crippen LogP contribution < -0.4 is 4.90 Å². The highest BCUT2D eigenvalue weighted by Crippen LogP contribution is 2.38. The molecule has 1 unspecified atom stereocenters. The summed E-state index contributed by atoms with van der Waals surface area (Å²) in [6, 6.07) is 5.25. The molecule has 0 saturated heterocycles. The lowest BCUT2D eigenvalue weighted by atomic mass is 10.2. The highest BCUT2D eigenvalue weighted by Gasteiger charge is 2.29. The Labute approximate surface area is 122 Å². The third-order valence-electron chi connectivity index (χ3n) is 3.65. The fourth-order valence-corrected chi connectivity index (χ4v) is 3.36. The van der Waals surface area contributed by atoms with Gasteiger partial charge in [0.1, 0.15) is 0 Å². The van der Waals surface area contributed by atoms with Crippen molar-refractivity contribution < 1.29 is 0 Å². The van der Waals surface area contributed by atoms with E-state index in [0.717, 1.165) is 17.1 Å². The summed E-state index contributed by atoms with van der Waals surface area (Å²) in [5, 5.41) is 9.46. The largest absolute Gasteiger partial charge is 0.341 e. The molecule has 1 N–H and O–H groups in total. The first-order valence-corrected chi connectivity index (χ1v) is 7.87. The molecule has 0 radical (unpaired) electrons. The maximum atomic E-state index is 5.33. The summed E-state index contributed by atoms with van der Waals surface area (Å²) in [7, 11) is 2.10. The number of aromatic amines is 1. The minimum absolute atomic E-state index is 0.404. The van der Waals surface area contributed by atoms with Gasteiger partial charge in [-0.25, -0.2) is 5.10 Å². The second-order valence-electron chi connectivity index (χ2n) is 5.17. The Hall–Kier alpha value is -1.14. The van der Waals surface area contributed by atoms with Gasteiger partial charge < -0.3 is 4.90 Å². The topological polar surface area (TPSA) is 36.9 Å². The smallest absolute Gasteiger partial charge is 0.225 e. The van der Waals surface area contributed by atoms with E-state index in [1.807, 2.05) is 11.3 Å². The molecule has 3 rings (SSSR count). The average Bonchev–Trinajstić information content (AvgIpc) is 2.95. The number of likely N-dealkylation sites (N-methyl/N-ethyl adjacent to an activating group) is 1. The Kier molecular flexibility index (Phi) is 3.45. The van der Waals surface area contributed by atoms with Crippen LogP contribution in [-0.4, -0.2) is 27.9 Å². The molecule has 102 valence electrons. The van der Waals surface area contributed by atoms with Crippen molar-refractivity contribution in [3.8, 4) is 0 Å². The van der Waals surface area contributed by atoms with Crippen LogP contribution >= 0.6 is 23.6 Å². The molecule has 1 aliphatic rings. The summed E-state index contributed by atoms with van der Waals surface area (Å²) in [5.74, 6) is 0.969. The van der Waals surface area contributed by atoms with Gasteiger partial charge in [-0.3, -0.25) is 4.57 Å². The van der Waals surface area contributed by atoms with Crippen LogP contribution in [-0.2, 0) is 6.42 Å². The van der Waals surface area contributed by atoms with Gasteiger partial charge in [0.15, 0.2) is 4.77 Å². The monoisotopic (exact) mass is 294 g/mol. The van der Waals surface area contributed by atoms with Crippen LogP contribution in [0.15, 0.2) is 17.5 Å². The summed E-state index contributed by atoms with van der Waals surface area (Å²) in [6.45, 7) is 2.23. The van der Waals surface area contributed by atoms with Gasteiger partial charge in [-0.2, -0.15) is 0 Å². The fraction of sp³-hybridized carbons (Fsp3) is 0.538. The SMILES string of the molecule is CC(Cc1cccs1)N(C)c1n[nH]c(=S)n1C1CC1. The Balaban J connectivity index is 1.79. The molecule has 0 aromatic carbocycles. The number of hydrogen-bond acceptors (Lipinski definition) is 4. The number of nitrogens with one attached hydrogen (secondary N) is 1. The summed E-state index contributed by atoms with van der Waals surface area (Å²) >= 11 is 7.14. The van der Waals surface area contributed by atoms with Crippen LogP contribution in [0.5, 0.6) is 0 Å². The zero-order valence-corrected chi connectivity index (χ0v) is 12.8. The number of H-pyrrole nitrogens is 1. The second-order valence-corrected chi connectivity index (χ2v) is 6.59. The van der Waals surface area contributed by atoms with Crippen molar-refractivity contribution in [2.45, 2.75) is 38.3 Å². The number of hydrogen-bond donors (Lipinski definition) is 1. The van der Waals surface area contributed by atoms with E-state index in [-0.39, 0.29) is 0 Å². The van der Waals surface area contributed by atoms with Crippen molar-refractivity contribution in [3.05, 3.63) is 27.2 Å². The van der Waals surface area contributed by atoms with Crippen LogP contribution in [0.25, 0.3) is 0 Å². The van der Waals surface area contributed by atoms with Crippen LogP contribution in [0, 0.1) is 4.77 Å². The summed E-state index contributed by atoms with van der Waals surface area (Å²) < 4.78 is 2.91. The summed E-state index contributed by atoms with van der Waals surface area (Å²) in [6.07, 6.45) is 3.47. The van der Waals surface area contributed by atoms with Gasteiger partial charge in [-0.05, 0) is 43.4 Å². The highest BCUT2D eigenvalue weighted by atomic mass is 32.1. The van der Waals surface area contributed by atoms with Crippen LogP contribution in [0.2, 0.25) is 0 Å². The number of anilines is 1. The number of rotatable bonds is 5. The van der Waals surface area contributed by atoms with Crippen molar-refractivity contribution >= 4 is 29.5 Å². The molecule has 4 nitrogen and oxygen atoms in total. The zero-order chi connectivity index (χ0) is 13.4. The predicted octanol–water partition coefficient (Wildman–Crippen LogP) is 3.40. The summed E-state index contributed by atoms with van der Waals surface area (Å²) in [4.78, 5) is 3.64. The van der Waals surface area contributed by atoms with Crippen molar-refractivity contribution in [2.24, 2.45) is 0 Å². The van der Waals surface area contributed by atoms with E-state index < -0.39 is 0 Å². The molecule has 0 aliphatic heterocycles. The normalized spacial score (nSPS) is 16.5. The van der Waals surface area contributed by atoms with Crippen molar-refractivity contribution in [2.75, 3.05) is 11.9 Å². The van der Waals surface area contributed by atoms with Crippen LogP contribution in [0.1, 0.15) is 30.7 Å². The van der Waals surface area contributed by atoms with Gasteiger partial charge >= 0.3 is 0 Å². The van der Waals surface area contributed by atoms with E-state index in [2.05, 4.69) is 51.1 Å². The molecule has 0 bridgehead atoms. The maximum Gasteiger partial charge on any atom is 0.225 e. The lowest BCUT2D eigenvalue weighted by molar-refractivity contribution is 0.631. The third-order valence-corrected chi connectivity index (χ3v) is 4.84. The minimum Gasteiger partial charge on any atom is -0.341 e. The molecule has 2 heterocycles. The fourth-order valence-electron chi connectivity index (χ4n) is 2.26. The average molecular weight is 294 g/mol. The second kappa shape index (κ2) is 5.09. The molecule has 1 saturated carbocycles. The molecular weight excluding hydrogens is 276 g/mol. The Morgan fingerprint density at radius 1 is 1.63 bits per heavy atom. The van der Waals surface area contributed by atoms with Gasteiger partial charge in [0.2, 0.25) is 5.95 Å². The molecule has 6 heteroatoms. The highest BCUT2D eigenvalue weighted by molar-refractivity contribution is 7.71. The van der Waals surface area contributed by atoms with E-state index in [1.165, 1.54) is 17.7 Å². The molecule has 2 aromatic rings. The lowest BCUT2D eigenvalue weighted by Crippen LogP contribution is -2.32. The van der Waals surface area contributed by atoms with Gasteiger partial charge in [0.25, 0.3) is 0 Å². The molecule has 1 atom stereocenters. The van der Waals surface area contributed by atoms with E-state index in [9.17, 15) is 0 Å². The van der Waals surface area contributed by atoms with E-state index >= 15 is 0 Å². The zero-order valence-electron chi connectivity index (χ0n) is 11.2. The molecule has 1 fully saturated rings. The summed E-state index contributed by atoms with van der Waals surface area (Å²) in [5.41, 5.74) is 0. The molecule has 0 spiro atoms. The van der Waals surface area contributed by atoms with Crippen LogP contribution in [0.3, 0.4) is 0 Å². The Morgan fingerprint density at radius 2 is 2.42 bits per heavy atom. The number of thiophene rings is 1. The molecule has 2 aromatic heterocycles. The van der Waals surface area contributed by atoms with E-state index in [1.54, 1.807) is 0 Å². The first-order valence-electron chi connectivity index (χ1n) is 6.59. The van der Waals surface area contributed by atoms with Crippen molar-refractivity contribution in [1.29, 1.82) is 0 Å². The van der Waals surface area contributed by atoms with Crippen LogP contribution in [0.4, 0.5) is 5.95 Å². The molecule has 1 aliphatic carbocycles. The van der Waals surface area contributed by atoms with Crippen molar-refractivity contribution in [1.82, 2.24) is 14.8 Å². The van der Waals surface area contributed by atoms with E-state index in [4.69, 9.17) is 12.2 Å². The number of aromatic nitrogens is 3. The first-order chi connectivity index (χ1) is 9.16. The minimum atomic E-state index is 0.404. The molecule has 0 amide bonds. The quantitative estimate of drug-likeness (QED) is 0.859. The van der Waals surface area contributed by atoms with Gasteiger partial charge in [0, 0.05) is 30.4 Å². The number of nitrogens with zero attached hydrogens (tertiary/aromatic N) is 3. The van der Waals surface area contributed by atoms with Crippen molar-refractivity contribution in [3.63, 3.8) is 0 Å². The Bertz CT molecular complexity index is 594. The van der Waals surface area contributed by atoms with Gasteiger partial charge in [-0.1, -0.05) is 6.07 Å². The Morgan fingerprint density at radius 3 is 3.05 bits per heavy atom.